The summed E-state index contributed by atoms with van der Waals surface area (Å²) in [6, 6.07) is 6.36. The molecule has 4 rings (SSSR count). The predicted octanol–water partition coefficient (Wildman–Crippen LogP) is 3.12. The molecule has 1 aromatic carbocycles. The van der Waals surface area contributed by atoms with Crippen molar-refractivity contribution in [3.63, 3.8) is 0 Å². The first kappa shape index (κ1) is 14.2. The van der Waals surface area contributed by atoms with Gasteiger partial charge in [-0.15, -0.1) is 0 Å². The van der Waals surface area contributed by atoms with Crippen molar-refractivity contribution in [2.45, 2.75) is 32.7 Å². The second-order valence-corrected chi connectivity index (χ2v) is 6.48. The summed E-state index contributed by atoms with van der Waals surface area (Å²) in [7, 11) is 0. The lowest BCUT2D eigenvalue weighted by Crippen LogP contribution is -2.25. The smallest absolute Gasteiger partial charge is 0.276 e. The monoisotopic (exact) mass is 311 g/mol. The number of nitrogens with zero attached hydrogens (tertiary/aromatic N) is 3. The van der Waals surface area contributed by atoms with Crippen molar-refractivity contribution in [2.24, 2.45) is 5.92 Å². The van der Waals surface area contributed by atoms with Gasteiger partial charge in [0.1, 0.15) is 17.2 Å². The van der Waals surface area contributed by atoms with Crippen LogP contribution in [0, 0.1) is 18.7 Å². The molecule has 0 spiro atoms. The summed E-state index contributed by atoms with van der Waals surface area (Å²) >= 11 is 0. The van der Waals surface area contributed by atoms with E-state index in [-0.39, 0.29) is 11.4 Å². The first-order valence-corrected chi connectivity index (χ1v) is 7.86. The summed E-state index contributed by atoms with van der Waals surface area (Å²) in [6.45, 7) is 4.46. The zero-order chi connectivity index (χ0) is 16.1. The van der Waals surface area contributed by atoms with Gasteiger partial charge in [0, 0.05) is 17.8 Å². The fourth-order valence-corrected chi connectivity index (χ4v) is 3.19. The molecule has 0 amide bonds. The highest BCUT2D eigenvalue weighted by Crippen LogP contribution is 2.46. The Bertz CT molecular complexity index is 957. The van der Waals surface area contributed by atoms with E-state index in [1.165, 1.54) is 12.1 Å². The van der Waals surface area contributed by atoms with E-state index in [4.69, 9.17) is 0 Å². The Balaban J connectivity index is 1.80. The number of hydrogen-bond donors (Lipinski definition) is 0. The Morgan fingerprint density at radius 2 is 2.17 bits per heavy atom. The van der Waals surface area contributed by atoms with E-state index in [1.807, 2.05) is 23.6 Å². The summed E-state index contributed by atoms with van der Waals surface area (Å²) in [5.41, 5.74) is 2.12. The van der Waals surface area contributed by atoms with Crippen LogP contribution in [-0.2, 0) is 6.54 Å². The van der Waals surface area contributed by atoms with Gasteiger partial charge < -0.3 is 4.57 Å². The van der Waals surface area contributed by atoms with Crippen LogP contribution in [0.25, 0.3) is 5.52 Å². The minimum atomic E-state index is -0.288. The Labute approximate surface area is 133 Å². The highest BCUT2D eigenvalue weighted by Gasteiger charge is 2.37. The van der Waals surface area contributed by atoms with Gasteiger partial charge >= 0.3 is 0 Å². The lowest BCUT2D eigenvalue weighted by atomic mass is 10.2. The number of imidazole rings is 1. The molecule has 5 heteroatoms. The molecule has 118 valence electrons. The molecule has 23 heavy (non-hydrogen) atoms. The second kappa shape index (κ2) is 5.05. The zero-order valence-corrected chi connectivity index (χ0v) is 13.2. The Hall–Kier alpha value is -2.43. The summed E-state index contributed by atoms with van der Waals surface area (Å²) in [4.78, 5) is 17.2. The van der Waals surface area contributed by atoms with Crippen molar-refractivity contribution in [3.05, 3.63) is 69.9 Å². The van der Waals surface area contributed by atoms with Gasteiger partial charge in [0.25, 0.3) is 5.56 Å². The highest BCUT2D eigenvalue weighted by atomic mass is 19.1. The topological polar surface area (TPSA) is 39.3 Å². The molecule has 0 aliphatic heterocycles. The van der Waals surface area contributed by atoms with Crippen LogP contribution in [0.2, 0.25) is 0 Å². The maximum absolute atomic E-state index is 13.4. The third-order valence-electron chi connectivity index (χ3n) is 4.70. The third-order valence-corrected chi connectivity index (χ3v) is 4.70. The van der Waals surface area contributed by atoms with E-state index >= 15 is 0 Å². The molecule has 2 heterocycles. The van der Waals surface area contributed by atoms with Gasteiger partial charge in [-0.3, -0.25) is 9.20 Å². The molecule has 2 aromatic heterocycles. The van der Waals surface area contributed by atoms with Crippen molar-refractivity contribution >= 4 is 5.52 Å². The molecule has 0 bridgehead atoms. The number of fused-ring (bicyclic) bond motifs is 1. The van der Waals surface area contributed by atoms with Gasteiger partial charge in [-0.05, 0) is 37.0 Å². The highest BCUT2D eigenvalue weighted by molar-refractivity contribution is 5.46. The van der Waals surface area contributed by atoms with Crippen LogP contribution in [0.15, 0.2) is 41.5 Å². The molecule has 1 aliphatic carbocycles. The van der Waals surface area contributed by atoms with Crippen LogP contribution in [0.1, 0.15) is 36.3 Å². The second-order valence-electron chi connectivity index (χ2n) is 6.48. The quantitative estimate of drug-likeness (QED) is 0.745. The van der Waals surface area contributed by atoms with Crippen LogP contribution in [0.5, 0.6) is 0 Å². The molecule has 0 saturated heterocycles. The Kier molecular flexibility index (Phi) is 3.11. The maximum atomic E-state index is 13.4. The third kappa shape index (κ3) is 2.36. The van der Waals surface area contributed by atoms with Crippen molar-refractivity contribution in [2.75, 3.05) is 0 Å². The molecule has 0 unspecified atom stereocenters. The zero-order valence-electron chi connectivity index (χ0n) is 13.2. The van der Waals surface area contributed by atoms with Gasteiger partial charge in [-0.1, -0.05) is 19.1 Å². The number of rotatable bonds is 3. The SMILES string of the molecule is Cc1cn2c([C@H]3C[C@@H]3C)ncc2c(=O)n1Cc1cccc(F)c1. The molecular formula is C18H18FN3O. The Morgan fingerprint density at radius 3 is 2.87 bits per heavy atom. The van der Waals surface area contributed by atoms with Crippen molar-refractivity contribution in [3.8, 4) is 0 Å². The summed E-state index contributed by atoms with van der Waals surface area (Å²) in [6.07, 6.45) is 4.75. The van der Waals surface area contributed by atoms with Gasteiger partial charge in [-0.25, -0.2) is 9.37 Å². The van der Waals surface area contributed by atoms with Crippen LogP contribution in [-0.4, -0.2) is 14.0 Å². The average molecular weight is 311 g/mol. The van der Waals surface area contributed by atoms with Crippen LogP contribution in [0.4, 0.5) is 4.39 Å². The largest absolute Gasteiger partial charge is 0.305 e. The minimum absolute atomic E-state index is 0.0821. The van der Waals surface area contributed by atoms with Crippen LogP contribution in [0.3, 0.4) is 0 Å². The number of aromatic nitrogens is 3. The molecule has 3 aromatic rings. The predicted molar refractivity (Wildman–Crippen MR) is 86.2 cm³/mol. The minimum Gasteiger partial charge on any atom is -0.305 e. The first-order valence-electron chi connectivity index (χ1n) is 7.86. The maximum Gasteiger partial charge on any atom is 0.276 e. The van der Waals surface area contributed by atoms with E-state index in [2.05, 4.69) is 11.9 Å². The van der Waals surface area contributed by atoms with Crippen LogP contribution < -0.4 is 5.56 Å². The van der Waals surface area contributed by atoms with E-state index in [1.54, 1.807) is 16.8 Å². The standard InChI is InChI=1S/C18H18FN3O/c1-11-6-15(11)17-20-8-16-18(23)21(12(2)9-22(16)17)10-13-4-3-5-14(19)7-13/h3-5,7-9,11,15H,6,10H2,1-2H3/t11-,15-/m0/s1. The number of hydrogen-bond acceptors (Lipinski definition) is 2. The molecule has 4 nitrogen and oxygen atoms in total. The lowest BCUT2D eigenvalue weighted by molar-refractivity contribution is 0.621. The Morgan fingerprint density at radius 1 is 1.39 bits per heavy atom. The molecule has 0 radical (unpaired) electrons. The number of aryl methyl sites for hydroxylation is 1. The van der Waals surface area contributed by atoms with Crippen molar-refractivity contribution in [1.82, 2.24) is 14.0 Å². The van der Waals surface area contributed by atoms with E-state index in [9.17, 15) is 9.18 Å². The van der Waals surface area contributed by atoms with Crippen LogP contribution >= 0.6 is 0 Å². The molecule has 0 N–H and O–H groups in total. The first-order chi connectivity index (χ1) is 11.0. The van der Waals surface area contributed by atoms with E-state index in [0.29, 0.717) is 23.9 Å². The van der Waals surface area contributed by atoms with Gasteiger partial charge in [0.05, 0.1) is 12.7 Å². The summed E-state index contributed by atoms with van der Waals surface area (Å²) in [5.74, 6) is 1.78. The van der Waals surface area contributed by atoms with Crippen molar-refractivity contribution < 1.29 is 4.39 Å². The summed E-state index contributed by atoms with van der Waals surface area (Å²) in [5, 5.41) is 0. The molecular weight excluding hydrogens is 293 g/mol. The normalized spacial score (nSPS) is 20.1. The van der Waals surface area contributed by atoms with Gasteiger partial charge in [0.2, 0.25) is 0 Å². The molecule has 1 aliphatic rings. The number of halogens is 1. The molecule has 1 saturated carbocycles. The van der Waals surface area contributed by atoms with E-state index in [0.717, 1.165) is 23.5 Å². The van der Waals surface area contributed by atoms with E-state index < -0.39 is 0 Å². The molecule has 1 fully saturated rings. The lowest BCUT2D eigenvalue weighted by Gasteiger charge is -2.12. The number of benzene rings is 1. The summed E-state index contributed by atoms with van der Waals surface area (Å²) < 4.78 is 17.0. The van der Waals surface area contributed by atoms with Crippen molar-refractivity contribution in [1.29, 1.82) is 0 Å². The average Bonchev–Trinajstić information content (AvgIpc) is 3.07. The fraction of sp³-hybridized carbons (Fsp3) is 0.333. The van der Waals surface area contributed by atoms with Gasteiger partial charge in [-0.2, -0.15) is 0 Å². The fourth-order valence-electron chi connectivity index (χ4n) is 3.19. The van der Waals surface area contributed by atoms with Gasteiger partial charge in [0.15, 0.2) is 0 Å². The molecule has 2 atom stereocenters.